The Labute approximate surface area is 118 Å². The lowest BCUT2D eigenvalue weighted by Crippen LogP contribution is -2.26. The third-order valence-corrected chi connectivity index (χ3v) is 4.84. The van der Waals surface area contributed by atoms with E-state index in [-0.39, 0.29) is 0 Å². The van der Waals surface area contributed by atoms with Gasteiger partial charge in [0.05, 0.1) is 6.04 Å². The summed E-state index contributed by atoms with van der Waals surface area (Å²) in [5.41, 5.74) is 8.54. The molecule has 2 atom stereocenters. The van der Waals surface area contributed by atoms with Gasteiger partial charge in [-0.15, -0.1) is 11.3 Å². The Morgan fingerprint density at radius 1 is 1.47 bits per heavy atom. The standard InChI is InChI=1S/C15H19N3S/c1-11(15-17-8-9-19-15)18-10-12(6-7-16)13-4-2-3-5-14(13)18/h2-5,8-9,11-12H,6-7,10,16H2,1H3. The Morgan fingerprint density at radius 3 is 3.05 bits per heavy atom. The third kappa shape index (κ3) is 2.26. The van der Waals surface area contributed by atoms with Gasteiger partial charge in [-0.1, -0.05) is 18.2 Å². The van der Waals surface area contributed by atoms with Crippen molar-refractivity contribution in [3.05, 3.63) is 46.4 Å². The Hall–Kier alpha value is -1.39. The van der Waals surface area contributed by atoms with Crippen molar-refractivity contribution < 1.29 is 0 Å². The first kappa shape index (κ1) is 12.6. The topological polar surface area (TPSA) is 42.2 Å². The van der Waals surface area contributed by atoms with Crippen molar-refractivity contribution in [2.45, 2.75) is 25.3 Å². The number of aromatic nitrogens is 1. The van der Waals surface area contributed by atoms with Gasteiger partial charge in [-0.25, -0.2) is 4.98 Å². The molecule has 100 valence electrons. The second-order valence-electron chi connectivity index (χ2n) is 5.03. The highest BCUT2D eigenvalue weighted by atomic mass is 32.1. The van der Waals surface area contributed by atoms with Crippen LogP contribution in [0.15, 0.2) is 35.8 Å². The monoisotopic (exact) mass is 273 g/mol. The van der Waals surface area contributed by atoms with Crippen LogP contribution in [0.3, 0.4) is 0 Å². The lowest BCUT2D eigenvalue weighted by Gasteiger charge is -2.26. The van der Waals surface area contributed by atoms with E-state index in [1.807, 2.05) is 11.6 Å². The van der Waals surface area contributed by atoms with Gasteiger partial charge in [0.15, 0.2) is 0 Å². The Morgan fingerprint density at radius 2 is 2.32 bits per heavy atom. The molecule has 0 amide bonds. The summed E-state index contributed by atoms with van der Waals surface area (Å²) in [6.07, 6.45) is 2.94. The summed E-state index contributed by atoms with van der Waals surface area (Å²) in [6, 6.07) is 9.04. The number of rotatable bonds is 4. The van der Waals surface area contributed by atoms with Gasteiger partial charge in [0.25, 0.3) is 0 Å². The lowest BCUT2D eigenvalue weighted by molar-refractivity contribution is 0.605. The van der Waals surface area contributed by atoms with E-state index in [9.17, 15) is 0 Å². The molecule has 2 aromatic rings. The summed E-state index contributed by atoms with van der Waals surface area (Å²) < 4.78 is 0. The van der Waals surface area contributed by atoms with Gasteiger partial charge >= 0.3 is 0 Å². The fourth-order valence-corrected chi connectivity index (χ4v) is 3.62. The zero-order chi connectivity index (χ0) is 13.2. The lowest BCUT2D eigenvalue weighted by atomic mass is 9.98. The largest absolute Gasteiger partial charge is 0.361 e. The molecule has 1 aliphatic rings. The second-order valence-corrected chi connectivity index (χ2v) is 5.96. The van der Waals surface area contributed by atoms with Crippen molar-refractivity contribution >= 4 is 17.0 Å². The Balaban J connectivity index is 1.92. The van der Waals surface area contributed by atoms with Gasteiger partial charge in [-0.05, 0) is 31.5 Å². The van der Waals surface area contributed by atoms with E-state index in [1.165, 1.54) is 16.3 Å². The highest BCUT2D eigenvalue weighted by Gasteiger charge is 2.31. The number of thiazole rings is 1. The maximum absolute atomic E-state index is 5.75. The van der Waals surface area contributed by atoms with E-state index < -0.39 is 0 Å². The van der Waals surface area contributed by atoms with Crippen LogP contribution in [-0.2, 0) is 0 Å². The zero-order valence-corrected chi connectivity index (χ0v) is 11.9. The van der Waals surface area contributed by atoms with Gasteiger partial charge in [-0.2, -0.15) is 0 Å². The van der Waals surface area contributed by atoms with E-state index in [4.69, 9.17) is 5.73 Å². The summed E-state index contributed by atoms with van der Waals surface area (Å²) in [7, 11) is 0. The number of nitrogens with two attached hydrogens (primary N) is 1. The molecule has 0 saturated carbocycles. The summed E-state index contributed by atoms with van der Waals surface area (Å²) in [5, 5.41) is 3.23. The van der Waals surface area contributed by atoms with Crippen LogP contribution >= 0.6 is 11.3 Å². The van der Waals surface area contributed by atoms with Crippen molar-refractivity contribution in [3.8, 4) is 0 Å². The molecule has 1 aliphatic heterocycles. The fourth-order valence-electron chi connectivity index (χ4n) is 2.92. The van der Waals surface area contributed by atoms with Crippen molar-refractivity contribution in [3.63, 3.8) is 0 Å². The van der Waals surface area contributed by atoms with Gasteiger partial charge in [0.1, 0.15) is 5.01 Å². The molecule has 0 fully saturated rings. The number of hydrogen-bond acceptors (Lipinski definition) is 4. The number of benzene rings is 1. The zero-order valence-electron chi connectivity index (χ0n) is 11.1. The fraction of sp³-hybridized carbons (Fsp3) is 0.400. The third-order valence-electron chi connectivity index (χ3n) is 3.89. The average Bonchev–Trinajstić information content (AvgIpc) is 3.07. The van der Waals surface area contributed by atoms with E-state index in [2.05, 4.69) is 41.1 Å². The minimum atomic E-state index is 0.337. The van der Waals surface area contributed by atoms with E-state index >= 15 is 0 Å². The molecule has 0 spiro atoms. The number of fused-ring (bicyclic) bond motifs is 1. The second kappa shape index (κ2) is 5.31. The number of hydrogen-bond donors (Lipinski definition) is 1. The Kier molecular flexibility index (Phi) is 3.53. The molecular formula is C15H19N3S. The first-order chi connectivity index (χ1) is 9.31. The molecule has 0 bridgehead atoms. The van der Waals surface area contributed by atoms with Crippen molar-refractivity contribution in [1.82, 2.24) is 4.98 Å². The van der Waals surface area contributed by atoms with Gasteiger partial charge < -0.3 is 10.6 Å². The predicted molar refractivity (Wildman–Crippen MR) is 80.7 cm³/mol. The van der Waals surface area contributed by atoms with Crippen LogP contribution < -0.4 is 10.6 Å². The van der Waals surface area contributed by atoms with Crippen molar-refractivity contribution in [1.29, 1.82) is 0 Å². The molecule has 3 rings (SSSR count). The van der Waals surface area contributed by atoms with E-state index in [0.29, 0.717) is 12.0 Å². The van der Waals surface area contributed by atoms with E-state index in [1.54, 1.807) is 11.3 Å². The molecule has 19 heavy (non-hydrogen) atoms. The Bertz CT molecular complexity index is 538. The van der Waals surface area contributed by atoms with Crippen LogP contribution in [0.2, 0.25) is 0 Å². The molecule has 1 aromatic heterocycles. The first-order valence-electron chi connectivity index (χ1n) is 6.76. The van der Waals surface area contributed by atoms with Crippen LogP contribution in [0.5, 0.6) is 0 Å². The summed E-state index contributed by atoms with van der Waals surface area (Å²) in [5.74, 6) is 0.559. The van der Waals surface area contributed by atoms with Crippen molar-refractivity contribution in [2.24, 2.45) is 5.73 Å². The molecule has 2 heterocycles. The highest BCUT2D eigenvalue weighted by Crippen LogP contribution is 2.42. The van der Waals surface area contributed by atoms with Gasteiger partial charge in [0, 0.05) is 29.7 Å². The number of nitrogens with zero attached hydrogens (tertiary/aromatic N) is 2. The maximum Gasteiger partial charge on any atom is 0.115 e. The predicted octanol–water partition coefficient (Wildman–Crippen LogP) is 3.16. The molecule has 0 radical (unpaired) electrons. The molecular weight excluding hydrogens is 254 g/mol. The molecule has 0 saturated heterocycles. The summed E-state index contributed by atoms with van der Waals surface area (Å²) in [6.45, 7) is 4.04. The van der Waals surface area contributed by atoms with E-state index in [0.717, 1.165) is 19.5 Å². The number of anilines is 1. The van der Waals surface area contributed by atoms with Gasteiger partial charge in [-0.3, -0.25) is 0 Å². The molecule has 2 N–H and O–H groups in total. The highest BCUT2D eigenvalue weighted by molar-refractivity contribution is 7.09. The quantitative estimate of drug-likeness (QED) is 0.930. The molecule has 2 unspecified atom stereocenters. The first-order valence-corrected chi connectivity index (χ1v) is 7.64. The smallest absolute Gasteiger partial charge is 0.115 e. The van der Waals surface area contributed by atoms with Crippen LogP contribution in [0.1, 0.15) is 35.9 Å². The molecule has 4 heteroatoms. The molecule has 0 aliphatic carbocycles. The normalized spacial score (nSPS) is 19.5. The number of para-hydroxylation sites is 1. The SMILES string of the molecule is CC(c1nccs1)N1CC(CCN)c2ccccc21. The summed E-state index contributed by atoms with van der Waals surface area (Å²) >= 11 is 1.73. The maximum atomic E-state index is 5.75. The van der Waals surface area contributed by atoms with Crippen LogP contribution in [-0.4, -0.2) is 18.1 Å². The van der Waals surface area contributed by atoms with Gasteiger partial charge in [0.2, 0.25) is 0 Å². The minimum Gasteiger partial charge on any atom is -0.361 e. The molecule has 3 nitrogen and oxygen atoms in total. The van der Waals surface area contributed by atoms with Crippen LogP contribution in [0.4, 0.5) is 5.69 Å². The van der Waals surface area contributed by atoms with Crippen LogP contribution in [0, 0.1) is 0 Å². The summed E-state index contributed by atoms with van der Waals surface area (Å²) in [4.78, 5) is 6.92. The van der Waals surface area contributed by atoms with Crippen LogP contribution in [0.25, 0.3) is 0 Å². The minimum absolute atomic E-state index is 0.337. The molecule has 1 aromatic carbocycles. The van der Waals surface area contributed by atoms with Crippen molar-refractivity contribution in [2.75, 3.05) is 18.0 Å². The average molecular weight is 273 g/mol.